The van der Waals surface area contributed by atoms with Crippen molar-refractivity contribution in [3.63, 3.8) is 0 Å². The van der Waals surface area contributed by atoms with Crippen molar-refractivity contribution >= 4 is 40.3 Å². The molecule has 0 saturated heterocycles. The molecule has 2 N–H and O–H groups in total. The van der Waals surface area contributed by atoms with Crippen molar-refractivity contribution in [1.82, 2.24) is 15.0 Å². The van der Waals surface area contributed by atoms with Crippen LogP contribution in [0.1, 0.15) is 0 Å². The fourth-order valence-electron chi connectivity index (χ4n) is 2.01. The largest absolute Gasteiger partial charge is 0.353 e. The Hall–Kier alpha value is -3.26. The maximum atomic E-state index is 11.5. The lowest BCUT2D eigenvalue weighted by atomic mass is 10.3. The van der Waals surface area contributed by atoms with Gasteiger partial charge >= 0.3 is 5.69 Å². The van der Waals surface area contributed by atoms with Gasteiger partial charge in [0, 0.05) is 16.9 Å². The molecule has 2 heterocycles. The average molecular weight is 343 g/mol. The SMILES string of the molecule is O=[N+]([O-])c1c(Nc2cccnc2)ncnc1Nc1cccc(Cl)c1. The lowest BCUT2D eigenvalue weighted by Crippen LogP contribution is -2.05. The number of aromatic nitrogens is 3. The number of rotatable bonds is 5. The molecule has 0 atom stereocenters. The molecule has 8 nitrogen and oxygen atoms in total. The number of nitrogens with one attached hydrogen (secondary N) is 2. The number of benzene rings is 1. The number of pyridine rings is 1. The quantitative estimate of drug-likeness (QED) is 0.534. The summed E-state index contributed by atoms with van der Waals surface area (Å²) in [7, 11) is 0. The summed E-state index contributed by atoms with van der Waals surface area (Å²) in [4.78, 5) is 22.8. The van der Waals surface area contributed by atoms with Gasteiger partial charge in [-0.2, -0.15) is 0 Å². The van der Waals surface area contributed by atoms with E-state index in [9.17, 15) is 10.1 Å². The van der Waals surface area contributed by atoms with Gasteiger partial charge in [0.2, 0.25) is 11.6 Å². The molecule has 2 aromatic heterocycles. The standard InChI is InChI=1S/C15H11ClN6O2/c16-10-3-1-4-11(7-10)20-14-13(22(23)24)15(19-9-18-14)21-12-5-2-6-17-8-12/h1-9H,(H2,18,19,20,21). The summed E-state index contributed by atoms with van der Waals surface area (Å²) in [5, 5.41) is 17.8. The molecule has 24 heavy (non-hydrogen) atoms. The van der Waals surface area contributed by atoms with E-state index < -0.39 is 4.92 Å². The first-order valence-electron chi connectivity index (χ1n) is 6.82. The Bertz CT molecular complexity index is 875. The summed E-state index contributed by atoms with van der Waals surface area (Å²) >= 11 is 5.93. The highest BCUT2D eigenvalue weighted by Crippen LogP contribution is 2.33. The minimum Gasteiger partial charge on any atom is -0.334 e. The van der Waals surface area contributed by atoms with Crippen LogP contribution in [0.5, 0.6) is 0 Å². The molecule has 0 unspecified atom stereocenters. The first-order chi connectivity index (χ1) is 11.6. The lowest BCUT2D eigenvalue weighted by Gasteiger charge is -2.10. The van der Waals surface area contributed by atoms with Gasteiger partial charge in [0.25, 0.3) is 0 Å². The van der Waals surface area contributed by atoms with Gasteiger partial charge in [-0.05, 0) is 30.3 Å². The molecule has 3 aromatic rings. The summed E-state index contributed by atoms with van der Waals surface area (Å²) in [5.74, 6) is 0.121. The van der Waals surface area contributed by atoms with Crippen molar-refractivity contribution in [2.24, 2.45) is 0 Å². The highest BCUT2D eigenvalue weighted by molar-refractivity contribution is 6.30. The van der Waals surface area contributed by atoms with Crippen LogP contribution in [0.4, 0.5) is 28.7 Å². The number of nitrogens with zero attached hydrogens (tertiary/aromatic N) is 4. The zero-order valence-electron chi connectivity index (χ0n) is 12.2. The van der Waals surface area contributed by atoms with Gasteiger partial charge in [-0.3, -0.25) is 15.1 Å². The zero-order chi connectivity index (χ0) is 16.9. The van der Waals surface area contributed by atoms with Crippen molar-refractivity contribution in [1.29, 1.82) is 0 Å². The monoisotopic (exact) mass is 342 g/mol. The summed E-state index contributed by atoms with van der Waals surface area (Å²) in [6.45, 7) is 0. The van der Waals surface area contributed by atoms with E-state index in [4.69, 9.17) is 11.6 Å². The van der Waals surface area contributed by atoms with Gasteiger partial charge < -0.3 is 10.6 Å². The van der Waals surface area contributed by atoms with Crippen molar-refractivity contribution in [2.75, 3.05) is 10.6 Å². The van der Waals surface area contributed by atoms with Gasteiger partial charge in [-0.25, -0.2) is 9.97 Å². The average Bonchev–Trinajstić information content (AvgIpc) is 2.56. The van der Waals surface area contributed by atoms with Crippen LogP contribution in [0, 0.1) is 10.1 Å². The van der Waals surface area contributed by atoms with Crippen molar-refractivity contribution in [2.45, 2.75) is 0 Å². The number of halogens is 1. The molecule has 120 valence electrons. The summed E-state index contributed by atoms with van der Waals surface area (Å²) in [5.41, 5.74) is 0.881. The van der Waals surface area contributed by atoms with E-state index in [1.165, 1.54) is 12.5 Å². The highest BCUT2D eigenvalue weighted by Gasteiger charge is 2.23. The predicted molar refractivity (Wildman–Crippen MR) is 90.9 cm³/mol. The number of anilines is 4. The van der Waals surface area contributed by atoms with Gasteiger partial charge in [0.1, 0.15) is 6.33 Å². The molecule has 0 amide bonds. The van der Waals surface area contributed by atoms with Crippen LogP contribution in [0.15, 0.2) is 55.1 Å². The number of hydrogen-bond acceptors (Lipinski definition) is 7. The van der Waals surface area contributed by atoms with Crippen molar-refractivity contribution < 1.29 is 4.92 Å². The van der Waals surface area contributed by atoms with E-state index in [-0.39, 0.29) is 17.3 Å². The van der Waals surface area contributed by atoms with Crippen LogP contribution in [0.25, 0.3) is 0 Å². The summed E-state index contributed by atoms with van der Waals surface area (Å²) < 4.78 is 0. The van der Waals surface area contributed by atoms with Crippen molar-refractivity contribution in [3.05, 3.63) is 70.3 Å². The van der Waals surface area contributed by atoms with Crippen molar-refractivity contribution in [3.8, 4) is 0 Å². The van der Waals surface area contributed by atoms with Gasteiger partial charge in [0.15, 0.2) is 0 Å². The van der Waals surface area contributed by atoms with Crippen LogP contribution in [0.2, 0.25) is 5.02 Å². The Balaban J connectivity index is 1.97. The fraction of sp³-hybridized carbons (Fsp3) is 0. The maximum absolute atomic E-state index is 11.5. The predicted octanol–water partition coefficient (Wildman–Crippen LogP) is 3.92. The van der Waals surface area contributed by atoms with Gasteiger partial charge in [-0.15, -0.1) is 0 Å². The van der Waals surface area contributed by atoms with E-state index in [2.05, 4.69) is 25.6 Å². The second-order valence-corrected chi connectivity index (χ2v) is 5.12. The molecule has 0 aliphatic heterocycles. The highest BCUT2D eigenvalue weighted by atomic mass is 35.5. The topological polar surface area (TPSA) is 106 Å². The van der Waals surface area contributed by atoms with Crippen LogP contribution in [-0.2, 0) is 0 Å². The Labute approximate surface area is 141 Å². The third-order valence-electron chi connectivity index (χ3n) is 3.02. The third-order valence-corrected chi connectivity index (χ3v) is 3.25. The molecular formula is C15H11ClN6O2. The normalized spacial score (nSPS) is 10.2. The Morgan fingerprint density at radius 3 is 2.38 bits per heavy atom. The molecular weight excluding hydrogens is 332 g/mol. The molecule has 0 aliphatic carbocycles. The molecule has 1 aromatic carbocycles. The molecule has 0 aliphatic rings. The fourth-order valence-corrected chi connectivity index (χ4v) is 2.20. The zero-order valence-corrected chi connectivity index (χ0v) is 12.9. The lowest BCUT2D eigenvalue weighted by molar-refractivity contribution is -0.383. The molecule has 0 bridgehead atoms. The smallest absolute Gasteiger partial charge is 0.334 e. The minimum absolute atomic E-state index is 0.0589. The number of hydrogen-bond donors (Lipinski definition) is 2. The second kappa shape index (κ2) is 6.88. The first kappa shape index (κ1) is 15.6. The van der Waals surface area contributed by atoms with E-state index >= 15 is 0 Å². The van der Waals surface area contributed by atoms with Crippen LogP contribution in [-0.4, -0.2) is 19.9 Å². The van der Waals surface area contributed by atoms with Crippen LogP contribution >= 0.6 is 11.6 Å². The summed E-state index contributed by atoms with van der Waals surface area (Å²) in [6.07, 6.45) is 4.38. The molecule has 0 saturated carbocycles. The third kappa shape index (κ3) is 3.55. The Kier molecular flexibility index (Phi) is 4.48. The molecule has 0 spiro atoms. The van der Waals surface area contributed by atoms with E-state index in [0.29, 0.717) is 16.4 Å². The van der Waals surface area contributed by atoms with E-state index in [1.54, 1.807) is 42.6 Å². The molecule has 0 radical (unpaired) electrons. The van der Waals surface area contributed by atoms with Gasteiger partial charge in [0.05, 0.1) is 16.8 Å². The van der Waals surface area contributed by atoms with Crippen LogP contribution in [0.3, 0.4) is 0 Å². The maximum Gasteiger partial charge on any atom is 0.353 e. The summed E-state index contributed by atoms with van der Waals surface area (Å²) in [6, 6.07) is 10.2. The molecule has 3 rings (SSSR count). The Morgan fingerprint density at radius 2 is 1.75 bits per heavy atom. The second-order valence-electron chi connectivity index (χ2n) is 4.68. The van der Waals surface area contributed by atoms with Crippen LogP contribution < -0.4 is 10.6 Å². The molecule has 0 fully saturated rings. The van der Waals surface area contributed by atoms with E-state index in [0.717, 1.165) is 0 Å². The Morgan fingerprint density at radius 1 is 1.04 bits per heavy atom. The first-order valence-corrected chi connectivity index (χ1v) is 7.20. The van der Waals surface area contributed by atoms with Gasteiger partial charge in [-0.1, -0.05) is 17.7 Å². The minimum atomic E-state index is -0.550. The number of nitro groups is 1. The molecule has 9 heteroatoms. The van der Waals surface area contributed by atoms with E-state index in [1.807, 2.05) is 0 Å².